The van der Waals surface area contributed by atoms with Crippen LogP contribution in [0.1, 0.15) is 12.5 Å². The molecule has 0 fully saturated rings. The van der Waals surface area contributed by atoms with E-state index in [0.29, 0.717) is 0 Å². The number of aliphatic hydroxyl groups is 1. The van der Waals surface area contributed by atoms with Gasteiger partial charge >= 0.3 is 0 Å². The van der Waals surface area contributed by atoms with Gasteiger partial charge in [0.15, 0.2) is 0 Å². The van der Waals surface area contributed by atoms with E-state index in [1.165, 1.54) is 0 Å². The van der Waals surface area contributed by atoms with E-state index in [2.05, 4.69) is 5.92 Å². The Bertz CT molecular complexity index is 547. The Morgan fingerprint density at radius 3 is 2.24 bits per heavy atom. The van der Waals surface area contributed by atoms with Crippen LogP contribution in [0.4, 0.5) is 0 Å². The molecular weight excluding hydrogens is 208 g/mol. The molecule has 1 nitrogen and oxygen atoms in total. The minimum atomic E-state index is -1.24. The summed E-state index contributed by atoms with van der Waals surface area (Å²) < 4.78 is 0. The van der Waals surface area contributed by atoms with E-state index in [4.69, 9.17) is 6.42 Å². The SMILES string of the molecule is C#CC(C)(O)c1ccccc1-c1ccccc1. The predicted molar refractivity (Wildman–Crippen MR) is 70.3 cm³/mol. The van der Waals surface area contributed by atoms with Crippen LogP contribution in [0.25, 0.3) is 11.1 Å². The second kappa shape index (κ2) is 4.45. The molecule has 0 aliphatic carbocycles. The molecule has 1 atom stereocenters. The van der Waals surface area contributed by atoms with Crippen LogP contribution >= 0.6 is 0 Å². The molecule has 2 aromatic carbocycles. The highest BCUT2D eigenvalue weighted by molar-refractivity contribution is 5.69. The van der Waals surface area contributed by atoms with E-state index < -0.39 is 5.60 Å². The summed E-state index contributed by atoms with van der Waals surface area (Å²) in [5.41, 5.74) is 1.54. The minimum Gasteiger partial charge on any atom is -0.374 e. The van der Waals surface area contributed by atoms with Crippen LogP contribution < -0.4 is 0 Å². The lowest BCUT2D eigenvalue weighted by Crippen LogP contribution is -2.19. The zero-order valence-corrected chi connectivity index (χ0v) is 9.72. The normalized spacial score (nSPS) is 13.7. The van der Waals surface area contributed by atoms with E-state index in [-0.39, 0.29) is 0 Å². The van der Waals surface area contributed by atoms with Gasteiger partial charge in [0.2, 0.25) is 0 Å². The molecule has 2 rings (SSSR count). The molecule has 1 N–H and O–H groups in total. The lowest BCUT2D eigenvalue weighted by atomic mass is 9.89. The summed E-state index contributed by atoms with van der Waals surface area (Å²) in [6.07, 6.45) is 5.39. The molecule has 0 saturated heterocycles. The fourth-order valence-electron chi connectivity index (χ4n) is 1.85. The quantitative estimate of drug-likeness (QED) is 0.774. The van der Waals surface area contributed by atoms with Gasteiger partial charge in [-0.1, -0.05) is 60.5 Å². The van der Waals surface area contributed by atoms with E-state index in [0.717, 1.165) is 16.7 Å². The van der Waals surface area contributed by atoms with Crippen LogP contribution in [0.5, 0.6) is 0 Å². The van der Waals surface area contributed by atoms with Gasteiger partial charge in [0.1, 0.15) is 5.60 Å². The number of rotatable bonds is 2. The van der Waals surface area contributed by atoms with E-state index in [1.807, 2.05) is 54.6 Å². The van der Waals surface area contributed by atoms with Crippen molar-refractivity contribution in [2.45, 2.75) is 12.5 Å². The van der Waals surface area contributed by atoms with Crippen molar-refractivity contribution in [3.8, 4) is 23.5 Å². The summed E-state index contributed by atoms with van der Waals surface area (Å²) in [6.45, 7) is 1.63. The molecule has 1 unspecified atom stereocenters. The molecule has 0 bridgehead atoms. The molecule has 0 saturated carbocycles. The molecule has 0 aliphatic heterocycles. The first-order valence-corrected chi connectivity index (χ1v) is 5.50. The van der Waals surface area contributed by atoms with Crippen molar-refractivity contribution in [1.82, 2.24) is 0 Å². The van der Waals surface area contributed by atoms with Crippen molar-refractivity contribution in [3.63, 3.8) is 0 Å². The molecule has 84 valence electrons. The van der Waals surface area contributed by atoms with E-state index in [9.17, 15) is 5.11 Å². The smallest absolute Gasteiger partial charge is 0.148 e. The number of hydrogen-bond donors (Lipinski definition) is 1. The van der Waals surface area contributed by atoms with Crippen molar-refractivity contribution in [2.75, 3.05) is 0 Å². The van der Waals surface area contributed by atoms with Crippen LogP contribution in [0.3, 0.4) is 0 Å². The lowest BCUT2D eigenvalue weighted by molar-refractivity contribution is 0.123. The second-order valence-corrected chi connectivity index (χ2v) is 4.13. The Labute approximate surface area is 102 Å². The average molecular weight is 222 g/mol. The zero-order chi connectivity index (χ0) is 12.3. The first-order chi connectivity index (χ1) is 8.15. The van der Waals surface area contributed by atoms with Crippen LogP contribution in [-0.2, 0) is 5.60 Å². The highest BCUT2D eigenvalue weighted by Crippen LogP contribution is 2.31. The van der Waals surface area contributed by atoms with E-state index >= 15 is 0 Å². The number of benzene rings is 2. The van der Waals surface area contributed by atoms with Crippen LogP contribution in [0, 0.1) is 12.3 Å². The average Bonchev–Trinajstić information content (AvgIpc) is 2.40. The molecule has 17 heavy (non-hydrogen) atoms. The van der Waals surface area contributed by atoms with Crippen LogP contribution in [-0.4, -0.2) is 5.11 Å². The van der Waals surface area contributed by atoms with Gasteiger partial charge in [0.05, 0.1) is 0 Å². The standard InChI is InChI=1S/C16H14O/c1-3-16(2,17)15-12-8-7-11-14(15)13-9-5-4-6-10-13/h1,4-12,17H,2H3. The van der Waals surface area contributed by atoms with Gasteiger partial charge in [-0.05, 0) is 18.1 Å². The van der Waals surface area contributed by atoms with Gasteiger partial charge in [-0.25, -0.2) is 0 Å². The topological polar surface area (TPSA) is 20.2 Å². The first-order valence-electron chi connectivity index (χ1n) is 5.50. The maximum Gasteiger partial charge on any atom is 0.148 e. The fraction of sp³-hybridized carbons (Fsp3) is 0.125. The first kappa shape index (κ1) is 11.4. The lowest BCUT2D eigenvalue weighted by Gasteiger charge is -2.20. The third-order valence-electron chi connectivity index (χ3n) is 2.82. The molecule has 0 aliphatic rings. The Morgan fingerprint density at radius 1 is 1.00 bits per heavy atom. The zero-order valence-electron chi connectivity index (χ0n) is 9.72. The second-order valence-electron chi connectivity index (χ2n) is 4.13. The Balaban J connectivity index is 2.61. The molecule has 1 heteroatoms. The van der Waals surface area contributed by atoms with Crippen LogP contribution in [0.2, 0.25) is 0 Å². The monoisotopic (exact) mass is 222 g/mol. The molecule has 0 heterocycles. The maximum absolute atomic E-state index is 10.2. The highest BCUT2D eigenvalue weighted by atomic mass is 16.3. The van der Waals surface area contributed by atoms with Crippen molar-refractivity contribution < 1.29 is 5.11 Å². The van der Waals surface area contributed by atoms with Gasteiger partial charge < -0.3 is 5.11 Å². The molecule has 0 radical (unpaired) electrons. The number of hydrogen-bond acceptors (Lipinski definition) is 1. The van der Waals surface area contributed by atoms with E-state index in [1.54, 1.807) is 6.92 Å². The molecule has 2 aromatic rings. The molecule has 0 amide bonds. The van der Waals surface area contributed by atoms with Crippen molar-refractivity contribution in [3.05, 3.63) is 60.2 Å². The Morgan fingerprint density at radius 2 is 1.59 bits per heavy atom. The summed E-state index contributed by atoms with van der Waals surface area (Å²) in [7, 11) is 0. The minimum absolute atomic E-state index is 0.758. The summed E-state index contributed by atoms with van der Waals surface area (Å²) in [4.78, 5) is 0. The van der Waals surface area contributed by atoms with Crippen molar-refractivity contribution in [1.29, 1.82) is 0 Å². The predicted octanol–water partition coefficient (Wildman–Crippen LogP) is 3.19. The number of terminal acetylenes is 1. The van der Waals surface area contributed by atoms with Gasteiger partial charge in [-0.3, -0.25) is 0 Å². The highest BCUT2D eigenvalue weighted by Gasteiger charge is 2.23. The van der Waals surface area contributed by atoms with Gasteiger partial charge in [0.25, 0.3) is 0 Å². The summed E-state index contributed by atoms with van der Waals surface area (Å²) in [6, 6.07) is 17.6. The van der Waals surface area contributed by atoms with Gasteiger partial charge in [-0.15, -0.1) is 6.42 Å². The van der Waals surface area contributed by atoms with Gasteiger partial charge in [-0.2, -0.15) is 0 Å². The Kier molecular flexibility index (Phi) is 2.99. The summed E-state index contributed by atoms with van der Waals surface area (Å²) >= 11 is 0. The molecule has 0 aromatic heterocycles. The Hall–Kier alpha value is -2.04. The summed E-state index contributed by atoms with van der Waals surface area (Å²) in [5.74, 6) is 2.42. The van der Waals surface area contributed by atoms with Gasteiger partial charge in [0, 0.05) is 5.56 Å². The summed E-state index contributed by atoms with van der Waals surface area (Å²) in [5, 5.41) is 10.2. The third-order valence-corrected chi connectivity index (χ3v) is 2.82. The largest absolute Gasteiger partial charge is 0.374 e. The van der Waals surface area contributed by atoms with Crippen LogP contribution in [0.15, 0.2) is 54.6 Å². The van der Waals surface area contributed by atoms with Crippen molar-refractivity contribution in [2.24, 2.45) is 0 Å². The molecular formula is C16H14O. The molecule has 0 spiro atoms. The maximum atomic E-state index is 10.2. The fourth-order valence-corrected chi connectivity index (χ4v) is 1.85. The third kappa shape index (κ3) is 2.22. The van der Waals surface area contributed by atoms with Crippen molar-refractivity contribution >= 4 is 0 Å².